The summed E-state index contributed by atoms with van der Waals surface area (Å²) in [7, 11) is 1.97. The second-order valence-corrected chi connectivity index (χ2v) is 6.85. The number of rotatable bonds is 5. The van der Waals surface area contributed by atoms with Crippen LogP contribution in [-0.4, -0.2) is 64.7 Å². The molecule has 3 rings (SSSR count). The van der Waals surface area contributed by atoms with Crippen molar-refractivity contribution < 1.29 is 19.4 Å². The summed E-state index contributed by atoms with van der Waals surface area (Å²) >= 11 is 0. The van der Waals surface area contributed by atoms with E-state index >= 15 is 0 Å². The molecule has 156 valence electrons. The van der Waals surface area contributed by atoms with Crippen LogP contribution in [0, 0.1) is 20.2 Å². The highest BCUT2D eigenvalue weighted by molar-refractivity contribution is 6.09. The fourth-order valence-corrected chi connectivity index (χ4v) is 3.09. The Morgan fingerprint density at radius 1 is 0.933 bits per heavy atom. The number of non-ortho nitro benzene ring substituents is 2. The van der Waals surface area contributed by atoms with Crippen LogP contribution < -0.4 is 5.32 Å². The average molecular weight is 413 g/mol. The lowest BCUT2D eigenvalue weighted by Crippen LogP contribution is -2.47. The minimum atomic E-state index is -0.811. The number of nitro benzene ring substituents is 2. The maximum absolute atomic E-state index is 12.9. The Bertz CT molecular complexity index is 984. The molecule has 0 spiro atoms. The number of piperazine rings is 1. The van der Waals surface area contributed by atoms with Gasteiger partial charge in [0.15, 0.2) is 0 Å². The summed E-state index contributed by atoms with van der Waals surface area (Å²) in [4.78, 5) is 49.8. The number of hydrogen-bond acceptors (Lipinski definition) is 7. The van der Waals surface area contributed by atoms with Gasteiger partial charge in [0.2, 0.25) is 0 Å². The van der Waals surface area contributed by atoms with Crippen molar-refractivity contribution in [2.75, 3.05) is 38.5 Å². The lowest BCUT2D eigenvalue weighted by molar-refractivity contribution is -0.394. The van der Waals surface area contributed by atoms with Gasteiger partial charge >= 0.3 is 0 Å². The topological polar surface area (TPSA) is 139 Å². The van der Waals surface area contributed by atoms with Gasteiger partial charge in [-0.05, 0) is 19.2 Å². The van der Waals surface area contributed by atoms with E-state index in [9.17, 15) is 29.8 Å². The molecule has 0 aromatic heterocycles. The van der Waals surface area contributed by atoms with E-state index in [0.717, 1.165) is 31.3 Å². The van der Waals surface area contributed by atoms with Gasteiger partial charge < -0.3 is 15.1 Å². The SMILES string of the molecule is CN1CCN(C(=O)c2ccccc2NC(=O)c2cc([N+](=O)[O-])cc([N+](=O)[O-])c2)CC1. The van der Waals surface area contributed by atoms with Gasteiger partial charge in [0.25, 0.3) is 23.2 Å². The van der Waals surface area contributed by atoms with Crippen molar-refractivity contribution in [3.05, 3.63) is 73.8 Å². The van der Waals surface area contributed by atoms with Gasteiger partial charge in [0, 0.05) is 38.3 Å². The van der Waals surface area contributed by atoms with E-state index in [4.69, 9.17) is 0 Å². The van der Waals surface area contributed by atoms with Crippen molar-refractivity contribution in [3.8, 4) is 0 Å². The van der Waals surface area contributed by atoms with Gasteiger partial charge in [-0.15, -0.1) is 0 Å². The Balaban J connectivity index is 1.87. The monoisotopic (exact) mass is 413 g/mol. The first-order valence-electron chi connectivity index (χ1n) is 9.08. The number of amides is 2. The molecule has 11 heteroatoms. The van der Waals surface area contributed by atoms with Crippen LogP contribution in [0.2, 0.25) is 0 Å². The second-order valence-electron chi connectivity index (χ2n) is 6.85. The fraction of sp³-hybridized carbons (Fsp3) is 0.263. The second kappa shape index (κ2) is 8.66. The summed E-state index contributed by atoms with van der Waals surface area (Å²) in [5.74, 6) is -1.04. The molecular weight excluding hydrogens is 394 g/mol. The number of para-hydroxylation sites is 1. The van der Waals surface area contributed by atoms with E-state index in [-0.39, 0.29) is 22.7 Å². The highest BCUT2D eigenvalue weighted by Crippen LogP contribution is 2.24. The Morgan fingerprint density at radius 3 is 2.07 bits per heavy atom. The van der Waals surface area contributed by atoms with E-state index in [1.807, 2.05) is 7.05 Å². The highest BCUT2D eigenvalue weighted by atomic mass is 16.6. The maximum Gasteiger partial charge on any atom is 0.277 e. The molecule has 0 aliphatic carbocycles. The van der Waals surface area contributed by atoms with Crippen molar-refractivity contribution in [1.82, 2.24) is 9.80 Å². The van der Waals surface area contributed by atoms with Crippen LogP contribution in [0.15, 0.2) is 42.5 Å². The zero-order valence-electron chi connectivity index (χ0n) is 16.1. The fourth-order valence-electron chi connectivity index (χ4n) is 3.09. The maximum atomic E-state index is 12.9. The van der Waals surface area contributed by atoms with Crippen molar-refractivity contribution >= 4 is 28.9 Å². The first-order valence-corrected chi connectivity index (χ1v) is 9.08. The quantitative estimate of drug-likeness (QED) is 0.585. The third kappa shape index (κ3) is 4.58. The molecule has 0 unspecified atom stereocenters. The summed E-state index contributed by atoms with van der Waals surface area (Å²) in [5, 5.41) is 24.6. The van der Waals surface area contributed by atoms with E-state index in [1.54, 1.807) is 23.1 Å². The summed E-state index contributed by atoms with van der Waals surface area (Å²) in [6.45, 7) is 2.57. The van der Waals surface area contributed by atoms with Crippen LogP contribution in [0.4, 0.5) is 17.1 Å². The number of hydrogen-bond donors (Lipinski definition) is 1. The van der Waals surface area contributed by atoms with Gasteiger partial charge in [-0.1, -0.05) is 12.1 Å². The largest absolute Gasteiger partial charge is 0.336 e. The van der Waals surface area contributed by atoms with E-state index in [2.05, 4.69) is 10.2 Å². The van der Waals surface area contributed by atoms with Crippen LogP contribution in [0.25, 0.3) is 0 Å². The molecule has 1 saturated heterocycles. The molecule has 0 atom stereocenters. The smallest absolute Gasteiger partial charge is 0.277 e. The van der Waals surface area contributed by atoms with Crippen molar-refractivity contribution in [1.29, 1.82) is 0 Å². The van der Waals surface area contributed by atoms with Crippen molar-refractivity contribution in [2.24, 2.45) is 0 Å². The molecule has 0 radical (unpaired) electrons. The average Bonchev–Trinajstić information content (AvgIpc) is 2.73. The summed E-state index contributed by atoms with van der Waals surface area (Å²) < 4.78 is 0. The Morgan fingerprint density at radius 2 is 1.50 bits per heavy atom. The van der Waals surface area contributed by atoms with Crippen LogP contribution in [-0.2, 0) is 0 Å². The highest BCUT2D eigenvalue weighted by Gasteiger charge is 2.24. The van der Waals surface area contributed by atoms with Gasteiger partial charge in [-0.25, -0.2) is 0 Å². The molecule has 0 saturated carbocycles. The molecule has 2 aromatic carbocycles. The van der Waals surface area contributed by atoms with Crippen LogP contribution in [0.1, 0.15) is 20.7 Å². The molecule has 1 heterocycles. The van der Waals surface area contributed by atoms with E-state index in [0.29, 0.717) is 13.1 Å². The predicted octanol–water partition coefficient (Wildman–Crippen LogP) is 2.14. The van der Waals surface area contributed by atoms with Gasteiger partial charge in [0.05, 0.1) is 32.7 Å². The summed E-state index contributed by atoms with van der Waals surface area (Å²) in [5.41, 5.74) is -0.902. The predicted molar refractivity (Wildman–Crippen MR) is 108 cm³/mol. The number of nitrogens with zero attached hydrogens (tertiary/aromatic N) is 4. The standard InChI is InChI=1S/C19H19N5O6/c1-21-6-8-22(9-7-21)19(26)16-4-2-3-5-17(16)20-18(25)13-10-14(23(27)28)12-15(11-13)24(29)30/h2-5,10-12H,6-9H2,1H3,(H,20,25). The minimum absolute atomic E-state index is 0.223. The van der Waals surface area contributed by atoms with E-state index < -0.39 is 27.1 Å². The van der Waals surface area contributed by atoms with Crippen LogP contribution in [0.5, 0.6) is 0 Å². The lowest BCUT2D eigenvalue weighted by atomic mass is 10.1. The molecule has 2 aromatic rings. The Labute approximate surface area is 171 Å². The molecule has 1 aliphatic rings. The number of carbonyl (C=O) groups excluding carboxylic acids is 2. The Hall–Kier alpha value is -3.86. The number of carbonyl (C=O) groups is 2. The molecule has 2 amide bonds. The Kier molecular flexibility index (Phi) is 6.02. The number of nitrogens with one attached hydrogen (secondary N) is 1. The van der Waals surface area contributed by atoms with Crippen LogP contribution >= 0.6 is 0 Å². The van der Waals surface area contributed by atoms with Crippen molar-refractivity contribution in [2.45, 2.75) is 0 Å². The molecule has 1 aliphatic heterocycles. The first kappa shape index (κ1) is 20.9. The first-order chi connectivity index (χ1) is 14.3. The van der Waals surface area contributed by atoms with Gasteiger partial charge in [0.1, 0.15) is 0 Å². The summed E-state index contributed by atoms with van der Waals surface area (Å²) in [6, 6.07) is 9.09. The molecule has 30 heavy (non-hydrogen) atoms. The van der Waals surface area contributed by atoms with E-state index in [1.165, 1.54) is 6.07 Å². The number of benzene rings is 2. The summed E-state index contributed by atoms with van der Waals surface area (Å²) in [6.07, 6.45) is 0. The third-order valence-electron chi connectivity index (χ3n) is 4.78. The van der Waals surface area contributed by atoms with Gasteiger partial charge in [-0.3, -0.25) is 29.8 Å². The van der Waals surface area contributed by atoms with Crippen molar-refractivity contribution in [3.63, 3.8) is 0 Å². The van der Waals surface area contributed by atoms with Gasteiger partial charge in [-0.2, -0.15) is 0 Å². The molecule has 0 bridgehead atoms. The number of anilines is 1. The zero-order chi connectivity index (χ0) is 21.8. The molecule has 1 N–H and O–H groups in total. The normalized spacial score (nSPS) is 14.2. The third-order valence-corrected chi connectivity index (χ3v) is 4.78. The number of likely N-dealkylation sites (N-methyl/N-ethyl adjacent to an activating group) is 1. The molecule has 1 fully saturated rings. The molecule has 11 nitrogen and oxygen atoms in total. The van der Waals surface area contributed by atoms with Crippen LogP contribution in [0.3, 0.4) is 0 Å². The lowest BCUT2D eigenvalue weighted by Gasteiger charge is -2.32. The zero-order valence-corrected chi connectivity index (χ0v) is 16.1. The molecular formula is C19H19N5O6. The minimum Gasteiger partial charge on any atom is -0.336 e. The number of nitro groups is 2.